The Kier molecular flexibility index (Phi) is 6.01. The Morgan fingerprint density at radius 3 is 2.67 bits per heavy atom. The highest BCUT2D eigenvalue weighted by atomic mass is 35.5. The van der Waals surface area contributed by atoms with Crippen molar-refractivity contribution in [1.82, 2.24) is 0 Å². The molecule has 0 unspecified atom stereocenters. The normalized spacial score (nSPS) is 18.2. The van der Waals surface area contributed by atoms with Crippen molar-refractivity contribution in [3.63, 3.8) is 0 Å². The van der Waals surface area contributed by atoms with Gasteiger partial charge < -0.3 is 19.3 Å². The molecule has 2 aliphatic rings. The number of carbonyl (C=O) groups is 1. The van der Waals surface area contributed by atoms with Gasteiger partial charge in [0.15, 0.2) is 11.5 Å². The molecule has 1 N–H and O–H groups in total. The number of thioether (sulfide) groups is 1. The molecule has 4 rings (SSSR count). The number of ether oxygens (including phenoxy) is 3. The average Bonchev–Trinajstić information content (AvgIpc) is 3.04. The predicted molar refractivity (Wildman–Crippen MR) is 118 cm³/mol. The fraction of sp³-hybridized carbons (Fsp3) is 0.182. The number of benzene rings is 2. The zero-order chi connectivity index (χ0) is 21.1. The molecule has 2 aliphatic heterocycles. The van der Waals surface area contributed by atoms with Gasteiger partial charge in [-0.15, -0.1) is 0 Å². The zero-order valence-corrected chi connectivity index (χ0v) is 17.6. The van der Waals surface area contributed by atoms with Crippen LogP contribution >= 0.6 is 23.4 Å². The van der Waals surface area contributed by atoms with E-state index in [0.29, 0.717) is 45.4 Å². The summed E-state index contributed by atoms with van der Waals surface area (Å²) >= 11 is 7.12. The van der Waals surface area contributed by atoms with Crippen LogP contribution in [0.15, 0.2) is 63.7 Å². The maximum absolute atomic E-state index is 12.5. The van der Waals surface area contributed by atoms with Gasteiger partial charge in [-0.3, -0.25) is 0 Å². The first kappa shape index (κ1) is 20.4. The van der Waals surface area contributed by atoms with Crippen molar-refractivity contribution in [1.29, 1.82) is 0 Å². The van der Waals surface area contributed by atoms with E-state index < -0.39 is 5.97 Å². The number of nitrogens with zero attached hydrogens (tertiary/aromatic N) is 1. The van der Waals surface area contributed by atoms with Crippen LogP contribution in [0.1, 0.15) is 12.5 Å². The van der Waals surface area contributed by atoms with Gasteiger partial charge in [0.25, 0.3) is 0 Å². The predicted octanol–water partition coefficient (Wildman–Crippen LogP) is 5.30. The maximum atomic E-state index is 12.5. The summed E-state index contributed by atoms with van der Waals surface area (Å²) in [5, 5.41) is 11.7. The average molecular weight is 444 g/mol. The van der Waals surface area contributed by atoms with E-state index in [1.807, 2.05) is 18.2 Å². The summed E-state index contributed by atoms with van der Waals surface area (Å²) < 4.78 is 16.3. The number of esters is 1. The Balaban J connectivity index is 1.71. The minimum atomic E-state index is -0.624. The summed E-state index contributed by atoms with van der Waals surface area (Å²) in [6, 6.07) is 12.4. The van der Waals surface area contributed by atoms with Crippen LogP contribution in [0.2, 0.25) is 5.02 Å². The summed E-state index contributed by atoms with van der Waals surface area (Å²) in [7, 11) is 0. The lowest BCUT2D eigenvalue weighted by atomic mass is 10.1. The van der Waals surface area contributed by atoms with E-state index in [2.05, 4.69) is 4.99 Å². The third kappa shape index (κ3) is 4.32. The molecule has 0 saturated carbocycles. The summed E-state index contributed by atoms with van der Waals surface area (Å²) in [5.41, 5.74) is 1.45. The monoisotopic (exact) mass is 443 g/mol. The zero-order valence-electron chi connectivity index (χ0n) is 16.1. The van der Waals surface area contributed by atoms with Crippen LogP contribution < -0.4 is 9.47 Å². The number of rotatable bonds is 4. The van der Waals surface area contributed by atoms with E-state index in [0.717, 1.165) is 5.56 Å². The molecule has 30 heavy (non-hydrogen) atoms. The number of hydrogen-bond donors (Lipinski definition) is 1. The summed E-state index contributed by atoms with van der Waals surface area (Å²) in [6.07, 6.45) is 1.77. The molecule has 0 aromatic heterocycles. The Morgan fingerprint density at radius 2 is 1.93 bits per heavy atom. The number of hydrogen-bond acceptors (Lipinski definition) is 7. The van der Waals surface area contributed by atoms with Gasteiger partial charge in [-0.05, 0) is 55.0 Å². The van der Waals surface area contributed by atoms with E-state index in [9.17, 15) is 9.90 Å². The lowest BCUT2D eigenvalue weighted by Crippen LogP contribution is -2.15. The summed E-state index contributed by atoms with van der Waals surface area (Å²) in [5.74, 6) is 0.531. The van der Waals surface area contributed by atoms with Gasteiger partial charge in [0.2, 0.25) is 0 Å². The largest absolute Gasteiger partial charge is 0.506 e. The molecule has 0 saturated heterocycles. The van der Waals surface area contributed by atoms with E-state index in [-0.39, 0.29) is 17.9 Å². The van der Waals surface area contributed by atoms with Crippen LogP contribution in [0.4, 0.5) is 5.69 Å². The fourth-order valence-corrected chi connectivity index (χ4v) is 4.09. The standard InChI is InChI=1S/C22H18ClNO5S/c1-2-27-22(26)19-20(25)18(30-21(19)24-15-6-4-14(23)5-7-15)12-13-3-8-16-17(11-13)29-10-9-28-16/h3-8,11-12,25H,2,9-10H2,1H3. The number of aliphatic hydroxyl groups is 1. The van der Waals surface area contributed by atoms with E-state index in [1.54, 1.807) is 37.3 Å². The van der Waals surface area contributed by atoms with Crippen LogP contribution in [0.5, 0.6) is 11.5 Å². The molecule has 154 valence electrons. The van der Waals surface area contributed by atoms with Crippen LogP contribution in [0, 0.1) is 0 Å². The highest BCUT2D eigenvalue weighted by molar-refractivity contribution is 8.18. The molecular weight excluding hydrogens is 426 g/mol. The topological polar surface area (TPSA) is 77.4 Å². The molecule has 0 spiro atoms. The second-order valence-corrected chi connectivity index (χ2v) is 7.82. The van der Waals surface area contributed by atoms with Crippen LogP contribution in [-0.4, -0.2) is 35.9 Å². The smallest absolute Gasteiger partial charge is 0.344 e. The number of aliphatic hydroxyl groups excluding tert-OH is 1. The molecule has 6 nitrogen and oxygen atoms in total. The lowest BCUT2D eigenvalue weighted by molar-refractivity contribution is -0.138. The minimum Gasteiger partial charge on any atom is -0.506 e. The van der Waals surface area contributed by atoms with E-state index in [1.165, 1.54) is 11.8 Å². The van der Waals surface area contributed by atoms with Crippen molar-refractivity contribution >= 4 is 46.1 Å². The summed E-state index contributed by atoms with van der Waals surface area (Å²) in [4.78, 5) is 17.5. The fourth-order valence-electron chi connectivity index (χ4n) is 2.93. The van der Waals surface area contributed by atoms with Gasteiger partial charge in [0.1, 0.15) is 29.6 Å². The van der Waals surface area contributed by atoms with Crippen molar-refractivity contribution in [3.8, 4) is 11.5 Å². The SMILES string of the molecule is CCOC(=O)C1=C(O)C(=Cc2ccc3c(c2)OCCO3)SC1=Nc1ccc(Cl)cc1. The second kappa shape index (κ2) is 8.85. The van der Waals surface area contributed by atoms with Crippen molar-refractivity contribution in [2.75, 3.05) is 19.8 Å². The molecule has 0 amide bonds. The molecular formula is C22H18ClNO5S. The Labute approximate surface area is 182 Å². The van der Waals surface area contributed by atoms with Gasteiger partial charge in [-0.25, -0.2) is 9.79 Å². The van der Waals surface area contributed by atoms with Crippen molar-refractivity contribution in [3.05, 3.63) is 69.3 Å². The van der Waals surface area contributed by atoms with Gasteiger partial charge >= 0.3 is 5.97 Å². The second-order valence-electron chi connectivity index (χ2n) is 6.35. The van der Waals surface area contributed by atoms with Crippen LogP contribution in [0.3, 0.4) is 0 Å². The molecule has 0 atom stereocenters. The number of carbonyl (C=O) groups excluding carboxylic acids is 1. The Morgan fingerprint density at radius 1 is 1.20 bits per heavy atom. The molecule has 2 heterocycles. The van der Waals surface area contributed by atoms with E-state index in [4.69, 9.17) is 25.8 Å². The first-order chi connectivity index (χ1) is 14.5. The van der Waals surface area contributed by atoms with Gasteiger partial charge in [0, 0.05) is 5.02 Å². The molecule has 2 aromatic carbocycles. The number of aliphatic imine (C=N–C) groups is 1. The molecule has 2 aromatic rings. The third-order valence-electron chi connectivity index (χ3n) is 4.29. The molecule has 0 fully saturated rings. The quantitative estimate of drug-likeness (QED) is 0.646. The number of halogens is 1. The van der Waals surface area contributed by atoms with Crippen LogP contribution in [0.25, 0.3) is 6.08 Å². The number of fused-ring (bicyclic) bond motifs is 1. The highest BCUT2D eigenvalue weighted by Gasteiger charge is 2.33. The first-order valence-corrected chi connectivity index (χ1v) is 10.5. The van der Waals surface area contributed by atoms with Gasteiger partial charge in [-0.1, -0.05) is 29.4 Å². The molecule has 8 heteroatoms. The van der Waals surface area contributed by atoms with Crippen molar-refractivity contribution in [2.45, 2.75) is 6.92 Å². The van der Waals surface area contributed by atoms with E-state index >= 15 is 0 Å². The minimum absolute atomic E-state index is 0.0422. The Hall–Kier alpha value is -2.90. The maximum Gasteiger partial charge on any atom is 0.344 e. The van der Waals surface area contributed by atoms with Crippen molar-refractivity contribution in [2.24, 2.45) is 4.99 Å². The third-order valence-corrected chi connectivity index (χ3v) is 5.56. The highest BCUT2D eigenvalue weighted by Crippen LogP contribution is 2.41. The molecule has 0 bridgehead atoms. The molecule has 0 aliphatic carbocycles. The molecule has 0 radical (unpaired) electrons. The Bertz CT molecular complexity index is 1080. The lowest BCUT2D eigenvalue weighted by Gasteiger charge is -2.18. The van der Waals surface area contributed by atoms with Crippen molar-refractivity contribution < 1.29 is 24.1 Å². The van der Waals surface area contributed by atoms with Gasteiger partial charge in [0.05, 0.1) is 17.2 Å². The first-order valence-electron chi connectivity index (χ1n) is 9.29. The van der Waals surface area contributed by atoms with Crippen LogP contribution in [-0.2, 0) is 9.53 Å². The summed E-state index contributed by atoms with van der Waals surface area (Å²) in [6.45, 7) is 2.90. The van der Waals surface area contributed by atoms with Gasteiger partial charge in [-0.2, -0.15) is 0 Å².